The number of hydrogen-bond acceptors (Lipinski definition) is 3. The standard InChI is InChI=1S/C10H18O4/c1-5-9(7(3)10(11)12)14-8(4)13-6-2/h8H,5-6H2,1-4H3,(H,11,12)/b9-7+. The lowest BCUT2D eigenvalue weighted by molar-refractivity contribution is -0.133. The van der Waals surface area contributed by atoms with Crippen LogP contribution in [0.25, 0.3) is 0 Å². The van der Waals surface area contributed by atoms with E-state index < -0.39 is 12.3 Å². The van der Waals surface area contributed by atoms with Gasteiger partial charge in [-0.2, -0.15) is 0 Å². The van der Waals surface area contributed by atoms with E-state index in [1.165, 1.54) is 6.92 Å². The molecule has 1 N–H and O–H groups in total. The van der Waals surface area contributed by atoms with Gasteiger partial charge in [0.25, 0.3) is 0 Å². The van der Waals surface area contributed by atoms with Crippen LogP contribution >= 0.6 is 0 Å². The summed E-state index contributed by atoms with van der Waals surface area (Å²) in [7, 11) is 0. The number of aliphatic carboxylic acids is 1. The first kappa shape index (κ1) is 13.0. The van der Waals surface area contributed by atoms with Crippen LogP contribution in [0.1, 0.15) is 34.1 Å². The molecule has 1 unspecified atom stereocenters. The van der Waals surface area contributed by atoms with Gasteiger partial charge in [0.2, 0.25) is 0 Å². The van der Waals surface area contributed by atoms with Crippen molar-refractivity contribution < 1.29 is 19.4 Å². The highest BCUT2D eigenvalue weighted by molar-refractivity contribution is 5.86. The normalized spacial score (nSPS) is 14.6. The monoisotopic (exact) mass is 202 g/mol. The summed E-state index contributed by atoms with van der Waals surface area (Å²) >= 11 is 0. The van der Waals surface area contributed by atoms with Crippen LogP contribution in [0.5, 0.6) is 0 Å². The van der Waals surface area contributed by atoms with Gasteiger partial charge in [0.1, 0.15) is 5.76 Å². The molecule has 0 fully saturated rings. The lowest BCUT2D eigenvalue weighted by atomic mass is 10.2. The molecule has 0 radical (unpaired) electrons. The van der Waals surface area contributed by atoms with Gasteiger partial charge in [-0.1, -0.05) is 6.92 Å². The Bertz CT molecular complexity index is 220. The van der Waals surface area contributed by atoms with Crippen molar-refractivity contribution in [2.45, 2.75) is 40.4 Å². The third-order valence-corrected chi connectivity index (χ3v) is 1.77. The van der Waals surface area contributed by atoms with Gasteiger partial charge >= 0.3 is 5.97 Å². The first-order valence-electron chi connectivity index (χ1n) is 4.74. The molecule has 0 aliphatic heterocycles. The minimum atomic E-state index is -0.953. The van der Waals surface area contributed by atoms with Crippen molar-refractivity contribution in [2.75, 3.05) is 6.61 Å². The predicted molar refractivity (Wildman–Crippen MR) is 52.8 cm³/mol. The summed E-state index contributed by atoms with van der Waals surface area (Å²) in [5.74, 6) is -0.482. The molecule has 0 aromatic carbocycles. The average Bonchev–Trinajstić information content (AvgIpc) is 2.13. The molecule has 4 heteroatoms. The van der Waals surface area contributed by atoms with E-state index in [9.17, 15) is 4.79 Å². The SMILES string of the molecule is CCOC(C)O/C(CC)=C(\C)C(=O)O. The number of carboxylic acids is 1. The number of hydrogen-bond donors (Lipinski definition) is 1. The van der Waals surface area contributed by atoms with Crippen molar-refractivity contribution in [3.8, 4) is 0 Å². The largest absolute Gasteiger partial charge is 0.478 e. The van der Waals surface area contributed by atoms with Crippen molar-refractivity contribution in [2.24, 2.45) is 0 Å². The highest BCUT2D eigenvalue weighted by atomic mass is 16.7. The van der Waals surface area contributed by atoms with Crippen LogP contribution in [0.3, 0.4) is 0 Å². The molecule has 0 aromatic heterocycles. The molecule has 0 bridgehead atoms. The Labute approximate surface area is 84.5 Å². The van der Waals surface area contributed by atoms with Gasteiger partial charge in [-0.25, -0.2) is 4.79 Å². The molecular weight excluding hydrogens is 184 g/mol. The summed E-state index contributed by atoms with van der Waals surface area (Å²) < 4.78 is 10.5. The van der Waals surface area contributed by atoms with Gasteiger partial charge in [0, 0.05) is 13.0 Å². The molecule has 0 heterocycles. The summed E-state index contributed by atoms with van der Waals surface area (Å²) in [4.78, 5) is 10.7. The lowest BCUT2D eigenvalue weighted by Crippen LogP contribution is -2.14. The number of carboxylic acid groups (broad SMARTS) is 1. The van der Waals surface area contributed by atoms with Crippen LogP contribution in [0.2, 0.25) is 0 Å². The summed E-state index contributed by atoms with van der Waals surface area (Å²) in [5.41, 5.74) is 0.235. The quantitative estimate of drug-likeness (QED) is 0.407. The molecule has 0 aliphatic rings. The van der Waals surface area contributed by atoms with E-state index in [0.717, 1.165) is 0 Å². The molecular formula is C10H18O4. The zero-order chi connectivity index (χ0) is 11.1. The maximum Gasteiger partial charge on any atom is 0.334 e. The second kappa shape index (κ2) is 6.43. The van der Waals surface area contributed by atoms with E-state index in [1.807, 2.05) is 13.8 Å². The molecule has 0 amide bonds. The lowest BCUT2D eigenvalue weighted by Gasteiger charge is -2.17. The van der Waals surface area contributed by atoms with E-state index in [1.54, 1.807) is 6.92 Å². The van der Waals surface area contributed by atoms with E-state index in [4.69, 9.17) is 14.6 Å². The third-order valence-electron chi connectivity index (χ3n) is 1.77. The fourth-order valence-electron chi connectivity index (χ4n) is 1.03. The summed E-state index contributed by atoms with van der Waals surface area (Å²) in [5, 5.41) is 8.75. The fraction of sp³-hybridized carbons (Fsp3) is 0.700. The minimum absolute atomic E-state index is 0.235. The van der Waals surface area contributed by atoms with Crippen LogP contribution < -0.4 is 0 Å². The molecule has 0 aromatic rings. The topological polar surface area (TPSA) is 55.8 Å². The van der Waals surface area contributed by atoms with Crippen LogP contribution in [0.4, 0.5) is 0 Å². The second-order valence-corrected chi connectivity index (χ2v) is 2.85. The first-order valence-corrected chi connectivity index (χ1v) is 4.74. The van der Waals surface area contributed by atoms with E-state index in [0.29, 0.717) is 18.8 Å². The van der Waals surface area contributed by atoms with Gasteiger partial charge in [-0.05, 0) is 20.8 Å². The minimum Gasteiger partial charge on any atom is -0.478 e. The number of allylic oxidation sites excluding steroid dienone is 1. The van der Waals surface area contributed by atoms with Crippen molar-refractivity contribution >= 4 is 5.97 Å². The van der Waals surface area contributed by atoms with Crippen LogP contribution in [0.15, 0.2) is 11.3 Å². The van der Waals surface area contributed by atoms with Gasteiger partial charge in [-0.15, -0.1) is 0 Å². The molecule has 0 spiro atoms. The Morgan fingerprint density at radius 2 is 2.00 bits per heavy atom. The maximum absolute atomic E-state index is 10.7. The van der Waals surface area contributed by atoms with E-state index >= 15 is 0 Å². The molecule has 0 saturated heterocycles. The van der Waals surface area contributed by atoms with Crippen LogP contribution in [0, 0.1) is 0 Å². The van der Waals surface area contributed by atoms with E-state index in [2.05, 4.69) is 0 Å². The molecule has 0 saturated carbocycles. The van der Waals surface area contributed by atoms with Crippen molar-refractivity contribution in [3.63, 3.8) is 0 Å². The zero-order valence-electron chi connectivity index (χ0n) is 9.16. The fourth-order valence-corrected chi connectivity index (χ4v) is 1.03. The van der Waals surface area contributed by atoms with Gasteiger partial charge in [0.15, 0.2) is 6.29 Å². The third kappa shape index (κ3) is 4.28. The average molecular weight is 202 g/mol. The highest BCUT2D eigenvalue weighted by Gasteiger charge is 2.11. The second-order valence-electron chi connectivity index (χ2n) is 2.85. The Balaban J connectivity index is 4.42. The number of carbonyl (C=O) groups is 1. The Hall–Kier alpha value is -1.03. The Kier molecular flexibility index (Phi) is 5.95. The molecule has 14 heavy (non-hydrogen) atoms. The Morgan fingerprint density at radius 1 is 1.43 bits per heavy atom. The van der Waals surface area contributed by atoms with Crippen molar-refractivity contribution in [1.29, 1.82) is 0 Å². The van der Waals surface area contributed by atoms with Crippen molar-refractivity contribution in [3.05, 3.63) is 11.3 Å². The first-order chi connectivity index (χ1) is 6.52. The molecule has 4 nitrogen and oxygen atoms in total. The summed E-state index contributed by atoms with van der Waals surface area (Å²) in [6, 6.07) is 0. The van der Waals surface area contributed by atoms with Gasteiger partial charge < -0.3 is 14.6 Å². The Morgan fingerprint density at radius 3 is 2.36 bits per heavy atom. The predicted octanol–water partition coefficient (Wildman–Crippen LogP) is 2.15. The van der Waals surface area contributed by atoms with Gasteiger partial charge in [0.05, 0.1) is 5.57 Å². The number of rotatable bonds is 6. The molecule has 1 atom stereocenters. The van der Waals surface area contributed by atoms with Crippen LogP contribution in [-0.4, -0.2) is 24.0 Å². The summed E-state index contributed by atoms with van der Waals surface area (Å²) in [6.07, 6.45) is 0.152. The number of ether oxygens (including phenoxy) is 2. The zero-order valence-corrected chi connectivity index (χ0v) is 9.16. The maximum atomic E-state index is 10.7. The van der Waals surface area contributed by atoms with E-state index in [-0.39, 0.29) is 5.57 Å². The molecule has 82 valence electrons. The summed E-state index contributed by atoms with van der Waals surface area (Å²) in [6.45, 7) is 7.53. The smallest absolute Gasteiger partial charge is 0.334 e. The van der Waals surface area contributed by atoms with Gasteiger partial charge in [-0.3, -0.25) is 0 Å². The molecule has 0 rings (SSSR count). The molecule has 0 aliphatic carbocycles. The van der Waals surface area contributed by atoms with Crippen molar-refractivity contribution in [1.82, 2.24) is 0 Å². The van der Waals surface area contributed by atoms with Crippen LogP contribution in [-0.2, 0) is 14.3 Å². The highest BCUT2D eigenvalue weighted by Crippen LogP contribution is 2.13.